The quantitative estimate of drug-likeness (QED) is 0.386. The summed E-state index contributed by atoms with van der Waals surface area (Å²) in [6, 6.07) is 0. The zero-order chi connectivity index (χ0) is 8.27. The standard InChI is InChI=1S/C7H12O.C3H6/c1-5-2-3-6-7(4-5)8-6;1-3-2/h5-7H,2-4H2,1H3;3H,1H2,2H3/t5-,6?,7?;/m1./s1. The van der Waals surface area contributed by atoms with E-state index >= 15 is 0 Å². The number of allylic oxidation sites excluding steroid dienone is 1. The third-order valence-corrected chi connectivity index (χ3v) is 2.27. The number of epoxide rings is 1. The molecule has 0 radical (unpaired) electrons. The molecule has 0 N–H and O–H groups in total. The topological polar surface area (TPSA) is 12.5 Å². The highest BCUT2D eigenvalue weighted by Crippen LogP contribution is 2.38. The molecule has 2 rings (SSSR count). The van der Waals surface area contributed by atoms with E-state index in [0.717, 1.165) is 5.92 Å². The highest BCUT2D eigenvalue weighted by Gasteiger charge is 2.42. The average Bonchev–Trinajstić information content (AvgIpc) is 2.67. The van der Waals surface area contributed by atoms with Crippen LogP contribution in [-0.4, -0.2) is 12.2 Å². The summed E-state index contributed by atoms with van der Waals surface area (Å²) >= 11 is 0. The SMILES string of the molecule is C=CC.C[C@@H]1CCC2OC2C1. The third kappa shape index (κ3) is 2.66. The Bertz CT molecular complexity index is 131. The molecule has 1 saturated heterocycles. The normalized spacial score (nSPS) is 39.6. The second-order valence-electron chi connectivity index (χ2n) is 3.54. The molecular formula is C10H18O. The molecule has 0 spiro atoms. The number of fused-ring (bicyclic) bond motifs is 1. The summed E-state index contributed by atoms with van der Waals surface area (Å²) in [5.41, 5.74) is 0. The maximum absolute atomic E-state index is 5.35. The van der Waals surface area contributed by atoms with Gasteiger partial charge in [-0.15, -0.1) is 6.58 Å². The number of ether oxygens (including phenoxy) is 1. The van der Waals surface area contributed by atoms with Crippen LogP contribution < -0.4 is 0 Å². The lowest BCUT2D eigenvalue weighted by Gasteiger charge is -2.11. The van der Waals surface area contributed by atoms with Gasteiger partial charge in [0.25, 0.3) is 0 Å². The zero-order valence-electron chi connectivity index (χ0n) is 7.55. The molecule has 0 bridgehead atoms. The van der Waals surface area contributed by atoms with Crippen LogP contribution in [0.1, 0.15) is 33.1 Å². The van der Waals surface area contributed by atoms with E-state index in [1.165, 1.54) is 19.3 Å². The molecule has 1 nitrogen and oxygen atoms in total. The Morgan fingerprint density at radius 2 is 2.00 bits per heavy atom. The lowest BCUT2D eigenvalue weighted by molar-refractivity contribution is 0.367. The van der Waals surface area contributed by atoms with Gasteiger partial charge in [0.1, 0.15) is 0 Å². The maximum Gasteiger partial charge on any atom is 0.0844 e. The fourth-order valence-electron chi connectivity index (χ4n) is 1.60. The Hall–Kier alpha value is -0.300. The van der Waals surface area contributed by atoms with E-state index in [0.29, 0.717) is 12.2 Å². The van der Waals surface area contributed by atoms with E-state index in [1.54, 1.807) is 6.08 Å². The predicted molar refractivity (Wildman–Crippen MR) is 47.5 cm³/mol. The molecule has 11 heavy (non-hydrogen) atoms. The van der Waals surface area contributed by atoms with Gasteiger partial charge in [0.2, 0.25) is 0 Å². The van der Waals surface area contributed by atoms with Crippen molar-refractivity contribution < 1.29 is 4.74 Å². The van der Waals surface area contributed by atoms with Crippen LogP contribution in [0, 0.1) is 5.92 Å². The molecule has 64 valence electrons. The summed E-state index contributed by atoms with van der Waals surface area (Å²) in [6.45, 7) is 7.57. The molecule has 1 aliphatic carbocycles. The van der Waals surface area contributed by atoms with Gasteiger partial charge < -0.3 is 4.74 Å². The van der Waals surface area contributed by atoms with Gasteiger partial charge in [-0.2, -0.15) is 0 Å². The van der Waals surface area contributed by atoms with Crippen molar-refractivity contribution in [2.45, 2.75) is 45.3 Å². The molecule has 2 unspecified atom stereocenters. The fourth-order valence-corrected chi connectivity index (χ4v) is 1.60. The van der Waals surface area contributed by atoms with Crippen molar-refractivity contribution in [3.63, 3.8) is 0 Å². The first-order valence-corrected chi connectivity index (χ1v) is 4.50. The first kappa shape index (κ1) is 8.79. The number of hydrogen-bond donors (Lipinski definition) is 0. The molecule has 0 aromatic carbocycles. The van der Waals surface area contributed by atoms with Gasteiger partial charge in [-0.25, -0.2) is 0 Å². The van der Waals surface area contributed by atoms with Crippen molar-refractivity contribution in [2.75, 3.05) is 0 Å². The second kappa shape index (κ2) is 3.91. The second-order valence-corrected chi connectivity index (χ2v) is 3.54. The minimum absolute atomic E-state index is 0.679. The minimum atomic E-state index is 0.679. The number of hydrogen-bond acceptors (Lipinski definition) is 1. The summed E-state index contributed by atoms with van der Waals surface area (Å²) in [4.78, 5) is 0. The first-order valence-electron chi connectivity index (χ1n) is 4.50. The lowest BCUT2D eigenvalue weighted by atomic mass is 9.91. The van der Waals surface area contributed by atoms with Crippen molar-refractivity contribution in [3.8, 4) is 0 Å². The lowest BCUT2D eigenvalue weighted by Crippen LogP contribution is -2.09. The van der Waals surface area contributed by atoms with Gasteiger partial charge >= 0.3 is 0 Å². The highest BCUT2D eigenvalue weighted by atomic mass is 16.6. The average molecular weight is 154 g/mol. The molecule has 1 aliphatic heterocycles. The summed E-state index contributed by atoms with van der Waals surface area (Å²) in [5.74, 6) is 0.929. The van der Waals surface area contributed by atoms with Gasteiger partial charge in [0, 0.05) is 0 Å². The van der Waals surface area contributed by atoms with Crippen LogP contribution in [0.5, 0.6) is 0 Å². The minimum Gasteiger partial charge on any atom is -0.370 e. The zero-order valence-corrected chi connectivity index (χ0v) is 7.55. The molecule has 1 heterocycles. The van der Waals surface area contributed by atoms with Crippen LogP contribution >= 0.6 is 0 Å². The molecule has 1 heteroatoms. The van der Waals surface area contributed by atoms with Gasteiger partial charge in [0.15, 0.2) is 0 Å². The molecule has 0 aromatic heterocycles. The monoisotopic (exact) mass is 154 g/mol. The molecule has 1 saturated carbocycles. The molecular weight excluding hydrogens is 136 g/mol. The van der Waals surface area contributed by atoms with Crippen molar-refractivity contribution in [2.24, 2.45) is 5.92 Å². The molecule has 0 amide bonds. The van der Waals surface area contributed by atoms with E-state index in [4.69, 9.17) is 4.74 Å². The molecule has 2 fully saturated rings. The maximum atomic E-state index is 5.35. The first-order chi connectivity index (χ1) is 5.27. The fraction of sp³-hybridized carbons (Fsp3) is 0.800. The van der Waals surface area contributed by atoms with Gasteiger partial charge in [0.05, 0.1) is 12.2 Å². The van der Waals surface area contributed by atoms with Crippen LogP contribution in [0.2, 0.25) is 0 Å². The van der Waals surface area contributed by atoms with Gasteiger partial charge in [-0.05, 0) is 32.1 Å². The van der Waals surface area contributed by atoms with E-state index in [1.807, 2.05) is 6.92 Å². The van der Waals surface area contributed by atoms with Crippen LogP contribution in [0.25, 0.3) is 0 Å². The van der Waals surface area contributed by atoms with Gasteiger partial charge in [-0.1, -0.05) is 13.0 Å². The number of rotatable bonds is 0. The smallest absolute Gasteiger partial charge is 0.0844 e. The summed E-state index contributed by atoms with van der Waals surface area (Å²) in [5, 5.41) is 0. The Balaban J connectivity index is 0.000000179. The third-order valence-electron chi connectivity index (χ3n) is 2.27. The molecule has 0 aromatic rings. The predicted octanol–water partition coefficient (Wildman–Crippen LogP) is 2.77. The van der Waals surface area contributed by atoms with Crippen LogP contribution in [0.3, 0.4) is 0 Å². The largest absolute Gasteiger partial charge is 0.370 e. The van der Waals surface area contributed by atoms with Crippen molar-refractivity contribution in [3.05, 3.63) is 12.7 Å². The van der Waals surface area contributed by atoms with Crippen LogP contribution in [0.4, 0.5) is 0 Å². The highest BCUT2D eigenvalue weighted by molar-refractivity contribution is 4.90. The van der Waals surface area contributed by atoms with E-state index < -0.39 is 0 Å². The van der Waals surface area contributed by atoms with Crippen molar-refractivity contribution >= 4 is 0 Å². The van der Waals surface area contributed by atoms with Crippen LogP contribution in [0.15, 0.2) is 12.7 Å². The van der Waals surface area contributed by atoms with Gasteiger partial charge in [-0.3, -0.25) is 0 Å². The molecule has 2 aliphatic rings. The summed E-state index contributed by atoms with van der Waals surface area (Å²) < 4.78 is 5.35. The Kier molecular flexibility index (Phi) is 3.13. The Morgan fingerprint density at radius 3 is 2.45 bits per heavy atom. The van der Waals surface area contributed by atoms with Crippen molar-refractivity contribution in [1.82, 2.24) is 0 Å². The summed E-state index contributed by atoms with van der Waals surface area (Å²) in [7, 11) is 0. The van der Waals surface area contributed by atoms with Crippen LogP contribution in [-0.2, 0) is 4.74 Å². The van der Waals surface area contributed by atoms with E-state index in [2.05, 4.69) is 13.5 Å². The Labute approximate surface area is 69.4 Å². The summed E-state index contributed by atoms with van der Waals surface area (Å²) in [6.07, 6.45) is 7.16. The molecule has 3 atom stereocenters. The van der Waals surface area contributed by atoms with E-state index in [9.17, 15) is 0 Å². The van der Waals surface area contributed by atoms with Crippen molar-refractivity contribution in [1.29, 1.82) is 0 Å². The Morgan fingerprint density at radius 1 is 1.36 bits per heavy atom. The van der Waals surface area contributed by atoms with E-state index in [-0.39, 0.29) is 0 Å².